The first-order valence-electron chi connectivity index (χ1n) is 35.3. The van der Waals surface area contributed by atoms with Crippen LogP contribution in [0.2, 0.25) is 0 Å². The van der Waals surface area contributed by atoms with E-state index in [4.69, 9.17) is 4.74 Å². The molecule has 0 aromatic carbocycles. The predicted octanol–water partition coefficient (Wildman–Crippen LogP) is 22.6. The normalized spacial score (nSPS) is 12.4. The van der Waals surface area contributed by atoms with Gasteiger partial charge < -0.3 is 20.3 Å². The number of carbonyl (C=O) groups excluding carboxylic acids is 2. The predicted molar refractivity (Wildman–Crippen MR) is 334 cm³/mol. The van der Waals surface area contributed by atoms with Gasteiger partial charge in [-0.2, -0.15) is 0 Å². The standard InChI is InChI=1S/C70H139NO5/c1-3-5-7-9-11-13-15-16-17-34-38-41-44-48-52-56-60-64-70(75)76-65-61-57-53-49-45-42-39-36-33-31-29-27-25-23-21-19-18-20-22-24-26-28-30-32-35-37-40-43-47-51-55-59-63-69(74)71-67(66-72)68(73)62-58-54-50-46-14-12-10-8-6-4-2/h67-68,72-73H,3-66H2,1-2H3,(H,71,74). The molecule has 2 atom stereocenters. The lowest BCUT2D eigenvalue weighted by molar-refractivity contribution is -0.143. The van der Waals surface area contributed by atoms with Crippen molar-refractivity contribution in [3.8, 4) is 0 Å². The average Bonchev–Trinajstić information content (AvgIpc) is 3.42. The second-order valence-corrected chi connectivity index (χ2v) is 24.6. The molecule has 0 bridgehead atoms. The fourth-order valence-corrected chi connectivity index (χ4v) is 11.5. The summed E-state index contributed by atoms with van der Waals surface area (Å²) < 4.78 is 5.51. The van der Waals surface area contributed by atoms with E-state index in [9.17, 15) is 19.8 Å². The summed E-state index contributed by atoms with van der Waals surface area (Å²) in [5.41, 5.74) is 0. The van der Waals surface area contributed by atoms with Gasteiger partial charge in [-0.05, 0) is 25.7 Å². The summed E-state index contributed by atoms with van der Waals surface area (Å²) in [6.07, 6.45) is 80.3. The number of hydrogen-bond acceptors (Lipinski definition) is 5. The molecule has 2 unspecified atom stereocenters. The molecule has 6 nitrogen and oxygen atoms in total. The Balaban J connectivity index is 3.27. The molecule has 0 aromatic heterocycles. The molecule has 0 aliphatic carbocycles. The molecule has 0 saturated heterocycles. The van der Waals surface area contributed by atoms with Crippen LogP contribution in [0.15, 0.2) is 0 Å². The van der Waals surface area contributed by atoms with E-state index in [1.54, 1.807) is 0 Å². The van der Waals surface area contributed by atoms with E-state index in [2.05, 4.69) is 19.2 Å². The number of esters is 1. The van der Waals surface area contributed by atoms with Crippen LogP contribution in [0, 0.1) is 0 Å². The molecule has 0 aliphatic heterocycles. The summed E-state index contributed by atoms with van der Waals surface area (Å²) in [5, 5.41) is 23.2. The monoisotopic (exact) mass is 1070 g/mol. The lowest BCUT2D eigenvalue weighted by Gasteiger charge is -2.22. The number of rotatable bonds is 67. The molecule has 0 saturated carbocycles. The number of unbranched alkanes of at least 4 members (excludes halogenated alkanes) is 56. The molecule has 6 heteroatoms. The van der Waals surface area contributed by atoms with E-state index in [0.717, 1.165) is 38.5 Å². The van der Waals surface area contributed by atoms with Crippen LogP contribution in [0.5, 0.6) is 0 Å². The molecule has 454 valence electrons. The maximum Gasteiger partial charge on any atom is 0.305 e. The van der Waals surface area contributed by atoms with Gasteiger partial charge in [0, 0.05) is 12.8 Å². The fraction of sp³-hybridized carbons (Fsp3) is 0.971. The third-order valence-electron chi connectivity index (χ3n) is 16.9. The molecule has 0 spiro atoms. The Morgan fingerprint density at radius 3 is 0.803 bits per heavy atom. The Morgan fingerprint density at radius 1 is 0.316 bits per heavy atom. The van der Waals surface area contributed by atoms with Gasteiger partial charge in [-0.1, -0.05) is 373 Å². The number of carbonyl (C=O) groups is 2. The molecule has 0 aliphatic rings. The minimum atomic E-state index is -0.658. The maximum atomic E-state index is 12.4. The third-order valence-corrected chi connectivity index (χ3v) is 16.9. The first-order valence-corrected chi connectivity index (χ1v) is 35.3. The average molecular weight is 1070 g/mol. The van der Waals surface area contributed by atoms with Gasteiger partial charge in [-0.15, -0.1) is 0 Å². The molecular weight excluding hydrogens is 935 g/mol. The number of nitrogens with one attached hydrogen (secondary N) is 1. The lowest BCUT2D eigenvalue weighted by Crippen LogP contribution is -2.45. The molecular formula is C70H139NO5. The molecule has 0 heterocycles. The highest BCUT2D eigenvalue weighted by molar-refractivity contribution is 5.76. The third kappa shape index (κ3) is 62.1. The minimum absolute atomic E-state index is 0.0262. The zero-order valence-corrected chi connectivity index (χ0v) is 52.0. The van der Waals surface area contributed by atoms with Gasteiger partial charge in [0.25, 0.3) is 0 Å². The van der Waals surface area contributed by atoms with E-state index in [-0.39, 0.29) is 18.5 Å². The largest absolute Gasteiger partial charge is 0.466 e. The molecule has 0 radical (unpaired) electrons. The van der Waals surface area contributed by atoms with Crippen molar-refractivity contribution in [2.75, 3.05) is 13.2 Å². The van der Waals surface area contributed by atoms with Gasteiger partial charge in [0.1, 0.15) is 0 Å². The van der Waals surface area contributed by atoms with Gasteiger partial charge in [-0.25, -0.2) is 0 Å². The van der Waals surface area contributed by atoms with Crippen LogP contribution in [-0.2, 0) is 14.3 Å². The summed E-state index contributed by atoms with van der Waals surface area (Å²) in [5.74, 6) is -0.00329. The summed E-state index contributed by atoms with van der Waals surface area (Å²) in [4.78, 5) is 24.5. The first-order chi connectivity index (χ1) is 37.5. The summed E-state index contributed by atoms with van der Waals surface area (Å²) in [6.45, 7) is 4.98. The number of hydrogen-bond donors (Lipinski definition) is 3. The van der Waals surface area contributed by atoms with E-state index < -0.39 is 12.1 Å². The van der Waals surface area contributed by atoms with Crippen molar-refractivity contribution < 1.29 is 24.5 Å². The highest BCUT2D eigenvalue weighted by Gasteiger charge is 2.20. The lowest BCUT2D eigenvalue weighted by atomic mass is 10.0. The van der Waals surface area contributed by atoms with Crippen LogP contribution in [0.3, 0.4) is 0 Å². The minimum Gasteiger partial charge on any atom is -0.466 e. The summed E-state index contributed by atoms with van der Waals surface area (Å²) in [6, 6.07) is -0.535. The van der Waals surface area contributed by atoms with E-state index in [0.29, 0.717) is 25.9 Å². The van der Waals surface area contributed by atoms with Crippen LogP contribution < -0.4 is 5.32 Å². The van der Waals surface area contributed by atoms with Crippen molar-refractivity contribution >= 4 is 11.9 Å². The van der Waals surface area contributed by atoms with Crippen molar-refractivity contribution in [1.82, 2.24) is 5.32 Å². The second-order valence-electron chi connectivity index (χ2n) is 24.6. The van der Waals surface area contributed by atoms with Crippen LogP contribution in [-0.4, -0.2) is 47.4 Å². The first kappa shape index (κ1) is 74.9. The smallest absolute Gasteiger partial charge is 0.305 e. The van der Waals surface area contributed by atoms with Gasteiger partial charge in [-0.3, -0.25) is 9.59 Å². The molecule has 0 rings (SSSR count). The zero-order valence-electron chi connectivity index (χ0n) is 52.0. The number of ether oxygens (including phenoxy) is 1. The van der Waals surface area contributed by atoms with E-state index in [1.165, 1.54) is 340 Å². The van der Waals surface area contributed by atoms with Crippen LogP contribution >= 0.6 is 0 Å². The number of amides is 1. The van der Waals surface area contributed by atoms with Crippen molar-refractivity contribution in [2.45, 2.75) is 424 Å². The molecule has 1 amide bonds. The van der Waals surface area contributed by atoms with Gasteiger partial charge >= 0.3 is 5.97 Å². The van der Waals surface area contributed by atoms with Crippen molar-refractivity contribution in [3.63, 3.8) is 0 Å². The Morgan fingerprint density at radius 2 is 0.539 bits per heavy atom. The number of aliphatic hydroxyl groups excluding tert-OH is 2. The zero-order chi connectivity index (χ0) is 55.0. The molecule has 76 heavy (non-hydrogen) atoms. The number of aliphatic hydroxyl groups is 2. The Labute approximate surface area is 476 Å². The van der Waals surface area contributed by atoms with Crippen LogP contribution in [0.1, 0.15) is 412 Å². The van der Waals surface area contributed by atoms with Gasteiger partial charge in [0.2, 0.25) is 5.91 Å². The van der Waals surface area contributed by atoms with Crippen molar-refractivity contribution in [1.29, 1.82) is 0 Å². The second kappa shape index (κ2) is 66.4. The molecule has 3 N–H and O–H groups in total. The van der Waals surface area contributed by atoms with E-state index in [1.807, 2.05) is 0 Å². The quantitative estimate of drug-likeness (QED) is 0.0417. The Hall–Kier alpha value is -1.14. The topological polar surface area (TPSA) is 95.9 Å². The van der Waals surface area contributed by atoms with Gasteiger partial charge in [0.15, 0.2) is 0 Å². The Bertz CT molecular complexity index is 1100. The maximum absolute atomic E-state index is 12.4. The summed E-state index contributed by atoms with van der Waals surface area (Å²) in [7, 11) is 0. The SMILES string of the molecule is CCCCCCCCCCCCCCCCCCCC(=O)OCCCCCCCCCCCCCCCCCCCCCCCCCCCCCCCCCCC(=O)NC(CO)C(O)CCCCCCCCCCCC. The van der Waals surface area contributed by atoms with Crippen molar-refractivity contribution in [2.24, 2.45) is 0 Å². The Kier molecular flexibility index (Phi) is 65.4. The molecule has 0 fully saturated rings. The molecule has 0 aromatic rings. The fourth-order valence-electron chi connectivity index (χ4n) is 11.5. The van der Waals surface area contributed by atoms with Gasteiger partial charge in [0.05, 0.1) is 25.4 Å². The highest BCUT2D eigenvalue weighted by atomic mass is 16.5. The van der Waals surface area contributed by atoms with Crippen LogP contribution in [0.4, 0.5) is 0 Å². The summed E-state index contributed by atoms with van der Waals surface area (Å²) >= 11 is 0. The highest BCUT2D eigenvalue weighted by Crippen LogP contribution is 2.20. The van der Waals surface area contributed by atoms with E-state index >= 15 is 0 Å². The van der Waals surface area contributed by atoms with Crippen molar-refractivity contribution in [3.05, 3.63) is 0 Å². The van der Waals surface area contributed by atoms with Crippen LogP contribution in [0.25, 0.3) is 0 Å².